The SMILES string of the molecule is COc1ccc(C)cc1C(C(N)C(=O)O)N(C)C. The van der Waals surface area contributed by atoms with Crippen LogP contribution in [0.15, 0.2) is 18.2 Å². The lowest BCUT2D eigenvalue weighted by Gasteiger charge is -2.29. The summed E-state index contributed by atoms with van der Waals surface area (Å²) < 4.78 is 5.29. The molecule has 3 N–H and O–H groups in total. The van der Waals surface area contributed by atoms with E-state index >= 15 is 0 Å². The Balaban J connectivity index is 3.28. The average Bonchev–Trinajstić information content (AvgIpc) is 2.28. The molecule has 0 saturated carbocycles. The molecule has 0 aromatic heterocycles. The van der Waals surface area contributed by atoms with Gasteiger partial charge in [0.05, 0.1) is 13.2 Å². The molecule has 1 aromatic carbocycles. The van der Waals surface area contributed by atoms with Crippen molar-refractivity contribution < 1.29 is 14.6 Å². The van der Waals surface area contributed by atoms with Gasteiger partial charge in [0.15, 0.2) is 0 Å². The van der Waals surface area contributed by atoms with Gasteiger partial charge in [0.25, 0.3) is 0 Å². The summed E-state index contributed by atoms with van der Waals surface area (Å²) in [6.07, 6.45) is 0. The van der Waals surface area contributed by atoms with Crippen LogP contribution in [0.1, 0.15) is 17.2 Å². The monoisotopic (exact) mass is 252 g/mol. The maximum Gasteiger partial charge on any atom is 0.322 e. The van der Waals surface area contributed by atoms with Gasteiger partial charge >= 0.3 is 5.97 Å². The number of nitrogens with two attached hydrogens (primary N) is 1. The Morgan fingerprint density at radius 3 is 2.50 bits per heavy atom. The summed E-state index contributed by atoms with van der Waals surface area (Å²) in [4.78, 5) is 12.9. The molecule has 1 aromatic rings. The fourth-order valence-electron chi connectivity index (χ4n) is 2.01. The van der Waals surface area contributed by atoms with Crippen LogP contribution in [0.25, 0.3) is 0 Å². The number of methoxy groups -OCH3 is 1. The van der Waals surface area contributed by atoms with Crippen molar-refractivity contribution >= 4 is 5.97 Å². The Bertz CT molecular complexity index is 432. The van der Waals surface area contributed by atoms with Crippen molar-refractivity contribution in [2.45, 2.75) is 19.0 Å². The summed E-state index contributed by atoms with van der Waals surface area (Å²) in [5.41, 5.74) is 7.60. The van der Waals surface area contributed by atoms with Crippen LogP contribution in [0.5, 0.6) is 5.75 Å². The first-order chi connectivity index (χ1) is 8.38. The number of likely N-dealkylation sites (N-methyl/N-ethyl adjacent to an activating group) is 1. The first-order valence-electron chi connectivity index (χ1n) is 5.67. The van der Waals surface area contributed by atoms with Gasteiger partial charge in [0, 0.05) is 5.56 Å². The number of ether oxygens (including phenoxy) is 1. The fraction of sp³-hybridized carbons (Fsp3) is 0.462. The van der Waals surface area contributed by atoms with Gasteiger partial charge in [-0.25, -0.2) is 0 Å². The van der Waals surface area contributed by atoms with Crippen LogP contribution < -0.4 is 10.5 Å². The summed E-state index contributed by atoms with van der Waals surface area (Å²) in [5, 5.41) is 9.10. The Morgan fingerprint density at radius 2 is 2.06 bits per heavy atom. The number of aryl methyl sites for hydroxylation is 1. The maximum absolute atomic E-state index is 11.1. The number of rotatable bonds is 5. The molecule has 0 aliphatic carbocycles. The number of hydrogen-bond acceptors (Lipinski definition) is 4. The first-order valence-corrected chi connectivity index (χ1v) is 5.67. The van der Waals surface area contributed by atoms with E-state index in [-0.39, 0.29) is 0 Å². The molecule has 18 heavy (non-hydrogen) atoms. The molecule has 0 aliphatic heterocycles. The molecule has 1 rings (SSSR count). The van der Waals surface area contributed by atoms with E-state index in [0.717, 1.165) is 11.1 Å². The summed E-state index contributed by atoms with van der Waals surface area (Å²) in [6, 6.07) is 4.22. The lowest BCUT2D eigenvalue weighted by Crippen LogP contribution is -2.43. The van der Waals surface area contributed by atoms with Crippen molar-refractivity contribution in [3.05, 3.63) is 29.3 Å². The highest BCUT2D eigenvalue weighted by Crippen LogP contribution is 2.30. The third kappa shape index (κ3) is 3.00. The number of benzene rings is 1. The Morgan fingerprint density at radius 1 is 1.44 bits per heavy atom. The molecule has 0 bridgehead atoms. The van der Waals surface area contributed by atoms with Crippen LogP contribution in [0.2, 0.25) is 0 Å². The van der Waals surface area contributed by atoms with Crippen molar-refractivity contribution in [2.24, 2.45) is 5.73 Å². The lowest BCUT2D eigenvalue weighted by molar-refractivity contribution is -0.140. The van der Waals surface area contributed by atoms with Crippen LogP contribution in [-0.4, -0.2) is 43.2 Å². The Kier molecular flexibility index (Phi) is 4.69. The van der Waals surface area contributed by atoms with Gasteiger partial charge in [-0.3, -0.25) is 4.79 Å². The van der Waals surface area contributed by atoms with Gasteiger partial charge < -0.3 is 20.5 Å². The Labute approximate surface area is 107 Å². The largest absolute Gasteiger partial charge is 0.496 e. The van der Waals surface area contributed by atoms with E-state index in [2.05, 4.69) is 0 Å². The predicted molar refractivity (Wildman–Crippen MR) is 69.8 cm³/mol. The minimum Gasteiger partial charge on any atom is -0.496 e. The zero-order valence-electron chi connectivity index (χ0n) is 11.2. The van der Waals surface area contributed by atoms with Crippen LogP contribution >= 0.6 is 0 Å². The topological polar surface area (TPSA) is 75.8 Å². The first kappa shape index (κ1) is 14.5. The molecule has 0 radical (unpaired) electrons. The number of nitrogens with zero attached hydrogens (tertiary/aromatic N) is 1. The standard InChI is InChI=1S/C13H20N2O3/c1-8-5-6-10(18-4)9(7-8)12(15(2)3)11(14)13(16)17/h5-7,11-12H,14H2,1-4H3,(H,16,17). The van der Waals surface area contributed by atoms with Gasteiger partial charge in [0.1, 0.15) is 11.8 Å². The number of hydrogen-bond donors (Lipinski definition) is 2. The van der Waals surface area contributed by atoms with Gasteiger partial charge in [-0.1, -0.05) is 17.7 Å². The molecule has 100 valence electrons. The third-order valence-electron chi connectivity index (χ3n) is 2.89. The molecule has 0 aliphatic rings. The molecule has 0 amide bonds. The number of carboxylic acids is 1. The molecule has 0 heterocycles. The molecular formula is C13H20N2O3. The quantitative estimate of drug-likeness (QED) is 0.818. The Hall–Kier alpha value is -1.59. The zero-order chi connectivity index (χ0) is 13.9. The molecular weight excluding hydrogens is 232 g/mol. The van der Waals surface area contributed by atoms with Crippen molar-refractivity contribution in [1.29, 1.82) is 0 Å². The summed E-state index contributed by atoms with van der Waals surface area (Å²) in [6.45, 7) is 1.95. The van der Waals surface area contributed by atoms with Crippen molar-refractivity contribution in [3.8, 4) is 5.75 Å². The maximum atomic E-state index is 11.1. The van der Waals surface area contributed by atoms with E-state index in [9.17, 15) is 4.79 Å². The van der Waals surface area contributed by atoms with Crippen LogP contribution in [0, 0.1) is 6.92 Å². The third-order valence-corrected chi connectivity index (χ3v) is 2.89. The second-order valence-corrected chi connectivity index (χ2v) is 4.52. The molecule has 2 unspecified atom stereocenters. The molecule has 2 atom stereocenters. The molecule has 0 spiro atoms. The fourth-order valence-corrected chi connectivity index (χ4v) is 2.01. The second kappa shape index (κ2) is 5.84. The van der Waals surface area contributed by atoms with Crippen molar-refractivity contribution in [1.82, 2.24) is 4.90 Å². The predicted octanol–water partition coefficient (Wildman–Crippen LogP) is 1.02. The number of aliphatic carboxylic acids is 1. The minimum atomic E-state index is -1.03. The van der Waals surface area contributed by atoms with Crippen molar-refractivity contribution in [3.63, 3.8) is 0 Å². The van der Waals surface area contributed by atoms with Crippen LogP contribution in [0.3, 0.4) is 0 Å². The van der Waals surface area contributed by atoms with E-state index in [0.29, 0.717) is 5.75 Å². The average molecular weight is 252 g/mol. The number of carboxylic acid groups (broad SMARTS) is 1. The van der Waals surface area contributed by atoms with Crippen molar-refractivity contribution in [2.75, 3.05) is 21.2 Å². The smallest absolute Gasteiger partial charge is 0.322 e. The van der Waals surface area contributed by atoms with Gasteiger partial charge in [-0.05, 0) is 27.1 Å². The van der Waals surface area contributed by atoms with Crippen LogP contribution in [-0.2, 0) is 4.79 Å². The van der Waals surface area contributed by atoms with E-state index in [4.69, 9.17) is 15.6 Å². The molecule has 0 fully saturated rings. The second-order valence-electron chi connectivity index (χ2n) is 4.52. The molecule has 5 nitrogen and oxygen atoms in total. The van der Waals surface area contributed by atoms with E-state index < -0.39 is 18.1 Å². The zero-order valence-corrected chi connectivity index (χ0v) is 11.2. The molecule has 5 heteroatoms. The minimum absolute atomic E-state index is 0.433. The van der Waals surface area contributed by atoms with Crippen LogP contribution in [0.4, 0.5) is 0 Å². The summed E-state index contributed by atoms with van der Waals surface area (Å²) in [5.74, 6) is -0.381. The highest BCUT2D eigenvalue weighted by molar-refractivity contribution is 5.74. The highest BCUT2D eigenvalue weighted by atomic mass is 16.5. The van der Waals surface area contributed by atoms with E-state index in [1.165, 1.54) is 0 Å². The normalized spacial score (nSPS) is 14.3. The highest BCUT2D eigenvalue weighted by Gasteiger charge is 2.30. The van der Waals surface area contributed by atoms with Gasteiger partial charge in [0.2, 0.25) is 0 Å². The lowest BCUT2D eigenvalue weighted by atomic mass is 9.96. The van der Waals surface area contributed by atoms with Gasteiger partial charge in [-0.15, -0.1) is 0 Å². The molecule has 0 saturated heterocycles. The summed E-state index contributed by atoms with van der Waals surface area (Å²) >= 11 is 0. The number of carbonyl (C=O) groups is 1. The van der Waals surface area contributed by atoms with Gasteiger partial charge in [-0.2, -0.15) is 0 Å². The summed E-state index contributed by atoms with van der Waals surface area (Å²) in [7, 11) is 5.16. The van der Waals surface area contributed by atoms with E-state index in [1.54, 1.807) is 26.1 Å². The van der Waals surface area contributed by atoms with E-state index in [1.807, 2.05) is 25.1 Å².